The van der Waals surface area contributed by atoms with Crippen molar-refractivity contribution in [2.24, 2.45) is 0 Å². The third kappa shape index (κ3) is 3.60. The largest absolute Gasteiger partial charge is 0.339 e. The molecule has 0 fully saturated rings. The van der Waals surface area contributed by atoms with Crippen LogP contribution in [0.5, 0.6) is 0 Å². The second-order valence-corrected chi connectivity index (χ2v) is 4.97. The van der Waals surface area contributed by atoms with E-state index >= 15 is 0 Å². The molecule has 0 saturated heterocycles. The molecule has 0 saturated carbocycles. The lowest BCUT2D eigenvalue weighted by atomic mass is 9.99. The zero-order valence-electron chi connectivity index (χ0n) is 12.1. The number of rotatable bonds is 1. The number of amides is 2. The number of fused-ring (bicyclic) bond motifs is 1. The maximum absolute atomic E-state index is 13.5. The minimum Gasteiger partial charge on any atom is -0.339 e. The minimum absolute atomic E-state index is 0.0643. The van der Waals surface area contributed by atoms with Crippen molar-refractivity contribution in [1.82, 2.24) is 10.2 Å². The van der Waals surface area contributed by atoms with Crippen LogP contribution < -0.4 is 5.32 Å². The summed E-state index contributed by atoms with van der Waals surface area (Å²) in [5.41, 5.74) is 1.56. The Morgan fingerprint density at radius 3 is 2.86 bits per heavy atom. The molecule has 0 bridgehead atoms. The summed E-state index contributed by atoms with van der Waals surface area (Å²) >= 11 is 0. The highest BCUT2D eigenvalue weighted by Crippen LogP contribution is 2.27. The first kappa shape index (κ1) is 15.0. The maximum Gasteiger partial charge on any atom is 0.296 e. The molecule has 1 atom stereocenters. The average molecular weight is 288 g/mol. The van der Waals surface area contributed by atoms with Gasteiger partial charge in [0.2, 0.25) is 5.91 Å². The molecule has 1 aromatic carbocycles. The van der Waals surface area contributed by atoms with Gasteiger partial charge in [0.15, 0.2) is 0 Å². The van der Waals surface area contributed by atoms with Crippen LogP contribution in [0.4, 0.5) is 4.39 Å². The van der Waals surface area contributed by atoms with Gasteiger partial charge in [0.1, 0.15) is 5.82 Å². The molecule has 1 unspecified atom stereocenters. The van der Waals surface area contributed by atoms with Gasteiger partial charge in [-0.25, -0.2) is 4.39 Å². The highest BCUT2D eigenvalue weighted by molar-refractivity contribution is 5.93. The summed E-state index contributed by atoms with van der Waals surface area (Å²) in [6, 6.07) is 4.19. The molecule has 1 heterocycles. The van der Waals surface area contributed by atoms with Crippen molar-refractivity contribution in [3.05, 3.63) is 35.1 Å². The van der Waals surface area contributed by atoms with Crippen molar-refractivity contribution in [3.63, 3.8) is 0 Å². The Balaban J connectivity index is 2.33. The zero-order valence-corrected chi connectivity index (χ0v) is 12.1. The molecule has 1 N–H and O–H groups in total. The van der Waals surface area contributed by atoms with Gasteiger partial charge < -0.3 is 10.2 Å². The van der Waals surface area contributed by atoms with Gasteiger partial charge in [0, 0.05) is 20.0 Å². The van der Waals surface area contributed by atoms with E-state index in [9.17, 15) is 14.0 Å². The van der Waals surface area contributed by atoms with E-state index in [1.807, 2.05) is 0 Å². The number of hydrogen-bond acceptors (Lipinski definition) is 2. The van der Waals surface area contributed by atoms with E-state index in [0.717, 1.165) is 11.1 Å². The van der Waals surface area contributed by atoms with Crippen molar-refractivity contribution < 1.29 is 14.0 Å². The Labute approximate surface area is 123 Å². The van der Waals surface area contributed by atoms with Gasteiger partial charge in [-0.2, -0.15) is 0 Å². The number of nitrogens with one attached hydrogen (secondary N) is 1. The van der Waals surface area contributed by atoms with Crippen LogP contribution in [-0.2, 0) is 16.1 Å². The lowest BCUT2D eigenvalue weighted by Gasteiger charge is -2.18. The van der Waals surface area contributed by atoms with Gasteiger partial charge in [-0.3, -0.25) is 9.59 Å². The predicted octanol–water partition coefficient (Wildman–Crippen LogP) is 1.76. The van der Waals surface area contributed by atoms with E-state index in [0.29, 0.717) is 19.5 Å². The molecule has 110 valence electrons. The summed E-state index contributed by atoms with van der Waals surface area (Å²) in [6.07, 6.45) is 0.579. The van der Waals surface area contributed by atoms with Gasteiger partial charge in [-0.1, -0.05) is 12.0 Å². The van der Waals surface area contributed by atoms with E-state index in [-0.39, 0.29) is 23.7 Å². The fourth-order valence-electron chi connectivity index (χ4n) is 2.50. The lowest BCUT2D eigenvalue weighted by molar-refractivity contribution is -0.129. The molecule has 0 spiro atoms. The monoisotopic (exact) mass is 288 g/mol. The number of nitrogens with zero attached hydrogens (tertiary/aromatic N) is 1. The predicted molar refractivity (Wildman–Crippen MR) is 76.4 cm³/mol. The molecular formula is C16H17FN2O2. The van der Waals surface area contributed by atoms with Crippen molar-refractivity contribution >= 4 is 11.8 Å². The molecule has 0 aromatic heterocycles. The second kappa shape index (κ2) is 6.40. The Morgan fingerprint density at radius 1 is 1.43 bits per heavy atom. The summed E-state index contributed by atoms with van der Waals surface area (Å²) in [6.45, 7) is 3.94. The Hall–Kier alpha value is -2.35. The first-order chi connectivity index (χ1) is 10.0. The van der Waals surface area contributed by atoms with Crippen LogP contribution in [0.15, 0.2) is 18.2 Å². The number of benzene rings is 1. The molecule has 1 aromatic rings. The fraction of sp³-hybridized carbons (Fsp3) is 0.375. The van der Waals surface area contributed by atoms with Crippen LogP contribution in [0, 0.1) is 17.7 Å². The van der Waals surface area contributed by atoms with Crippen LogP contribution in [0.1, 0.15) is 37.4 Å². The van der Waals surface area contributed by atoms with Gasteiger partial charge >= 0.3 is 0 Å². The Kier molecular flexibility index (Phi) is 4.59. The first-order valence-corrected chi connectivity index (χ1v) is 6.78. The maximum atomic E-state index is 13.5. The summed E-state index contributed by atoms with van der Waals surface area (Å²) < 4.78 is 13.5. The van der Waals surface area contributed by atoms with E-state index in [2.05, 4.69) is 17.2 Å². The number of carbonyl (C=O) groups is 2. The molecule has 0 aliphatic carbocycles. The molecule has 5 heteroatoms. The van der Waals surface area contributed by atoms with Crippen molar-refractivity contribution in [2.75, 3.05) is 6.54 Å². The van der Waals surface area contributed by atoms with Crippen LogP contribution >= 0.6 is 0 Å². The van der Waals surface area contributed by atoms with Crippen LogP contribution in [-0.4, -0.2) is 23.3 Å². The summed E-state index contributed by atoms with van der Waals surface area (Å²) in [5, 5.41) is 2.82. The second-order valence-electron chi connectivity index (χ2n) is 4.97. The molecule has 2 amide bonds. The Morgan fingerprint density at radius 2 is 2.19 bits per heavy atom. The fourth-order valence-corrected chi connectivity index (χ4v) is 2.50. The number of hydrogen-bond donors (Lipinski definition) is 1. The molecule has 4 nitrogen and oxygen atoms in total. The molecule has 1 aliphatic rings. The van der Waals surface area contributed by atoms with Gasteiger partial charge in [-0.15, -0.1) is 0 Å². The summed E-state index contributed by atoms with van der Waals surface area (Å²) in [5.74, 6) is 4.20. The summed E-state index contributed by atoms with van der Waals surface area (Å²) in [7, 11) is 0. The van der Waals surface area contributed by atoms with Gasteiger partial charge in [0.25, 0.3) is 5.91 Å². The van der Waals surface area contributed by atoms with Crippen LogP contribution in [0.3, 0.4) is 0 Å². The minimum atomic E-state index is -0.367. The highest BCUT2D eigenvalue weighted by Gasteiger charge is 2.24. The van der Waals surface area contributed by atoms with E-state index in [1.165, 1.54) is 19.1 Å². The van der Waals surface area contributed by atoms with Crippen molar-refractivity contribution in [2.45, 2.75) is 32.9 Å². The highest BCUT2D eigenvalue weighted by atomic mass is 19.1. The lowest BCUT2D eigenvalue weighted by Crippen LogP contribution is -2.30. The SMILES string of the molecule is CC#CC(=O)NC1CCN(C(C)=O)Cc2cc(F)ccc21. The van der Waals surface area contributed by atoms with Gasteiger partial charge in [0.05, 0.1) is 6.04 Å². The first-order valence-electron chi connectivity index (χ1n) is 6.78. The van der Waals surface area contributed by atoms with Crippen LogP contribution in [0.2, 0.25) is 0 Å². The van der Waals surface area contributed by atoms with E-state index < -0.39 is 0 Å². The molecule has 1 aliphatic heterocycles. The third-order valence-corrected chi connectivity index (χ3v) is 3.52. The zero-order chi connectivity index (χ0) is 15.4. The Bertz CT molecular complexity index is 631. The normalized spacial score (nSPS) is 17.1. The summed E-state index contributed by atoms with van der Waals surface area (Å²) in [4.78, 5) is 24.9. The topological polar surface area (TPSA) is 49.4 Å². The smallest absolute Gasteiger partial charge is 0.296 e. The number of halogens is 1. The standard InChI is InChI=1S/C16H17FN2O2/c1-3-4-16(21)18-15-7-8-19(11(2)20)10-12-9-13(17)5-6-14(12)15/h5-6,9,15H,7-8,10H2,1-2H3,(H,18,21). The molecule has 2 rings (SSSR count). The molecule has 0 radical (unpaired) electrons. The van der Waals surface area contributed by atoms with Gasteiger partial charge in [-0.05, 0) is 42.5 Å². The van der Waals surface area contributed by atoms with Crippen molar-refractivity contribution in [3.8, 4) is 11.8 Å². The quantitative estimate of drug-likeness (QED) is 0.801. The molecular weight excluding hydrogens is 271 g/mol. The third-order valence-electron chi connectivity index (χ3n) is 3.52. The van der Waals surface area contributed by atoms with E-state index in [1.54, 1.807) is 17.9 Å². The molecule has 21 heavy (non-hydrogen) atoms. The number of carbonyl (C=O) groups excluding carboxylic acids is 2. The van der Waals surface area contributed by atoms with E-state index in [4.69, 9.17) is 0 Å². The van der Waals surface area contributed by atoms with Crippen molar-refractivity contribution in [1.29, 1.82) is 0 Å². The average Bonchev–Trinajstić information content (AvgIpc) is 2.58. The van der Waals surface area contributed by atoms with Crippen LogP contribution in [0.25, 0.3) is 0 Å².